The number of hydrogen-bond acceptors (Lipinski definition) is 4. The normalized spacial score (nSPS) is 21.1. The molecule has 1 saturated heterocycles. The van der Waals surface area contributed by atoms with Crippen LogP contribution in [0.25, 0.3) is 6.08 Å². The fourth-order valence-corrected chi connectivity index (χ4v) is 2.20. The van der Waals surface area contributed by atoms with Gasteiger partial charge in [-0.3, -0.25) is 5.10 Å². The Balaban J connectivity index is 2.41. The largest absolute Gasteiger partial charge is 0.492 e. The highest BCUT2D eigenvalue weighted by Gasteiger charge is 2.52. The van der Waals surface area contributed by atoms with Crippen molar-refractivity contribution < 1.29 is 27.6 Å². The number of aryl methyl sites for hydroxylation is 1. The number of nitrogens with zero attached hydrogens (tertiary/aromatic N) is 1. The highest BCUT2D eigenvalue weighted by Crippen LogP contribution is 2.39. The third-order valence-electron chi connectivity index (χ3n) is 4.33. The van der Waals surface area contributed by atoms with Crippen LogP contribution in [-0.2, 0) is 15.5 Å². The number of nitrogens with one attached hydrogen (secondary N) is 1. The molecule has 5 nitrogen and oxygen atoms in total. The molecule has 0 radical (unpaired) electrons. The lowest BCUT2D eigenvalue weighted by Crippen LogP contribution is -2.41. The molecular formula is C14H20BF3N2O3. The molecule has 0 unspecified atom stereocenters. The second-order valence-electron chi connectivity index (χ2n) is 6.57. The van der Waals surface area contributed by atoms with Gasteiger partial charge in [0.1, 0.15) is 0 Å². The quantitative estimate of drug-likeness (QED) is 0.836. The predicted octanol–water partition coefficient (Wildman–Crippen LogP) is 2.74. The molecule has 0 bridgehead atoms. The lowest BCUT2D eigenvalue weighted by Gasteiger charge is -2.32. The van der Waals surface area contributed by atoms with E-state index in [1.54, 1.807) is 0 Å². The number of alkyl halides is 3. The Morgan fingerprint density at radius 1 is 1.26 bits per heavy atom. The van der Waals surface area contributed by atoms with E-state index in [1.807, 2.05) is 27.7 Å². The Labute approximate surface area is 133 Å². The molecule has 0 atom stereocenters. The van der Waals surface area contributed by atoms with Crippen molar-refractivity contribution in [3.8, 4) is 0 Å². The molecule has 0 saturated carbocycles. The van der Waals surface area contributed by atoms with Gasteiger partial charge in [0.05, 0.1) is 17.8 Å². The maximum Gasteiger partial charge on any atom is 0.492 e. The maximum absolute atomic E-state index is 13.0. The van der Waals surface area contributed by atoms with Gasteiger partial charge in [0.2, 0.25) is 0 Å². The van der Waals surface area contributed by atoms with E-state index in [4.69, 9.17) is 9.31 Å². The molecule has 2 rings (SSSR count). The van der Waals surface area contributed by atoms with Crippen LogP contribution in [0.3, 0.4) is 0 Å². The Morgan fingerprint density at radius 2 is 1.78 bits per heavy atom. The lowest BCUT2D eigenvalue weighted by atomic mass is 9.77. The van der Waals surface area contributed by atoms with Crippen molar-refractivity contribution >= 4 is 13.2 Å². The molecule has 1 aliphatic rings. The predicted molar refractivity (Wildman–Crippen MR) is 79.5 cm³/mol. The Kier molecular flexibility index (Phi) is 4.42. The molecule has 0 aromatic carbocycles. The minimum Gasteiger partial charge on any atom is -0.400 e. The molecule has 0 amide bonds. The first-order valence-corrected chi connectivity index (χ1v) is 7.18. The Hall–Kier alpha value is -1.32. The highest BCUT2D eigenvalue weighted by atomic mass is 19.4. The second kappa shape index (κ2) is 5.64. The molecule has 1 aliphatic heterocycles. The summed E-state index contributed by atoms with van der Waals surface area (Å²) in [7, 11) is -0.916. The van der Waals surface area contributed by atoms with Gasteiger partial charge in [-0.05, 0) is 40.1 Å². The molecule has 0 spiro atoms. The summed E-state index contributed by atoms with van der Waals surface area (Å²) in [5.41, 5.74) is -2.00. The van der Waals surface area contributed by atoms with E-state index < -0.39 is 36.8 Å². The van der Waals surface area contributed by atoms with Gasteiger partial charge in [-0.2, -0.15) is 18.3 Å². The van der Waals surface area contributed by atoms with E-state index >= 15 is 0 Å². The van der Waals surface area contributed by atoms with Crippen LogP contribution in [0.15, 0.2) is 5.47 Å². The molecule has 1 aromatic rings. The molecule has 1 aromatic heterocycles. The summed E-state index contributed by atoms with van der Waals surface area (Å²) < 4.78 is 50.5. The van der Waals surface area contributed by atoms with Gasteiger partial charge in [-0.15, -0.1) is 0 Å². The van der Waals surface area contributed by atoms with E-state index in [-0.39, 0.29) is 16.7 Å². The fraction of sp³-hybridized carbons (Fsp3) is 0.643. The third kappa shape index (κ3) is 3.31. The average Bonchev–Trinajstić information content (AvgIpc) is 2.84. The summed E-state index contributed by atoms with van der Waals surface area (Å²) in [6.07, 6.45) is -3.36. The van der Waals surface area contributed by atoms with Crippen LogP contribution in [0.1, 0.15) is 44.6 Å². The van der Waals surface area contributed by atoms with Gasteiger partial charge >= 0.3 is 13.3 Å². The van der Waals surface area contributed by atoms with Gasteiger partial charge in [0.25, 0.3) is 0 Å². The van der Waals surface area contributed by atoms with Gasteiger partial charge < -0.3 is 14.4 Å². The van der Waals surface area contributed by atoms with Gasteiger partial charge in [0.15, 0.2) is 5.69 Å². The average molecular weight is 332 g/mol. The summed E-state index contributed by atoms with van der Waals surface area (Å²) in [4.78, 5) is 0. The lowest BCUT2D eigenvalue weighted by molar-refractivity contribution is -0.141. The number of aliphatic hydroxyl groups is 1. The number of aliphatic hydroxyl groups excluding tert-OH is 1. The van der Waals surface area contributed by atoms with E-state index in [0.717, 1.165) is 0 Å². The molecule has 2 heterocycles. The molecular weight excluding hydrogens is 312 g/mol. The van der Waals surface area contributed by atoms with E-state index in [9.17, 15) is 18.3 Å². The van der Waals surface area contributed by atoms with Crippen molar-refractivity contribution in [2.24, 2.45) is 0 Å². The summed E-state index contributed by atoms with van der Waals surface area (Å²) in [5, 5.41) is 15.2. The molecule has 1 fully saturated rings. The highest BCUT2D eigenvalue weighted by molar-refractivity contribution is 6.55. The summed E-state index contributed by atoms with van der Waals surface area (Å²) >= 11 is 0. The zero-order valence-electron chi connectivity index (χ0n) is 13.7. The number of aromatic amines is 1. The van der Waals surface area contributed by atoms with Crippen molar-refractivity contribution in [2.75, 3.05) is 6.61 Å². The standard InChI is InChI=1S/C14H20BF3N2O3/c1-8-10(11(20-19-8)14(16,17)18)6-9(7-21)15-22-12(2,3)13(4,5)23-15/h6,21H,7H2,1-5H3,(H,19,20). The molecule has 128 valence electrons. The second-order valence-corrected chi connectivity index (χ2v) is 6.57. The topological polar surface area (TPSA) is 67.4 Å². The number of H-pyrrole nitrogens is 1. The Morgan fingerprint density at radius 3 is 2.22 bits per heavy atom. The van der Waals surface area contributed by atoms with Crippen LogP contribution in [0.2, 0.25) is 0 Å². The minimum atomic E-state index is -4.59. The van der Waals surface area contributed by atoms with Crippen LogP contribution in [0.4, 0.5) is 13.2 Å². The van der Waals surface area contributed by atoms with Gasteiger partial charge in [0, 0.05) is 11.3 Å². The molecule has 23 heavy (non-hydrogen) atoms. The van der Waals surface area contributed by atoms with E-state index in [2.05, 4.69) is 10.2 Å². The summed E-state index contributed by atoms with van der Waals surface area (Å²) in [5.74, 6) is 0. The van der Waals surface area contributed by atoms with Crippen molar-refractivity contribution in [3.63, 3.8) is 0 Å². The minimum absolute atomic E-state index is 0.128. The number of hydrogen-bond donors (Lipinski definition) is 2. The third-order valence-corrected chi connectivity index (χ3v) is 4.33. The number of halogens is 3. The zero-order chi connectivity index (χ0) is 17.6. The summed E-state index contributed by atoms with van der Waals surface area (Å²) in [6, 6.07) is 0. The van der Waals surface area contributed by atoms with E-state index in [1.165, 1.54) is 13.0 Å². The maximum atomic E-state index is 13.0. The van der Waals surface area contributed by atoms with Crippen LogP contribution in [0.5, 0.6) is 0 Å². The monoisotopic (exact) mass is 332 g/mol. The first-order valence-electron chi connectivity index (χ1n) is 7.18. The van der Waals surface area contributed by atoms with Crippen molar-refractivity contribution in [2.45, 2.75) is 52.0 Å². The Bertz CT molecular complexity index is 607. The van der Waals surface area contributed by atoms with Crippen molar-refractivity contribution in [3.05, 3.63) is 22.4 Å². The first kappa shape index (κ1) is 18.0. The van der Waals surface area contributed by atoms with Gasteiger partial charge in [-0.25, -0.2) is 0 Å². The van der Waals surface area contributed by atoms with Crippen LogP contribution < -0.4 is 0 Å². The molecule has 0 aliphatic carbocycles. The zero-order valence-corrected chi connectivity index (χ0v) is 13.7. The van der Waals surface area contributed by atoms with Crippen molar-refractivity contribution in [1.29, 1.82) is 0 Å². The van der Waals surface area contributed by atoms with Crippen molar-refractivity contribution in [1.82, 2.24) is 10.2 Å². The van der Waals surface area contributed by atoms with Crippen LogP contribution in [0, 0.1) is 6.92 Å². The number of aromatic nitrogens is 2. The molecule has 9 heteroatoms. The summed E-state index contributed by atoms with van der Waals surface area (Å²) in [6.45, 7) is 8.29. The van der Waals surface area contributed by atoms with Crippen LogP contribution in [-0.4, -0.2) is 40.2 Å². The first-order chi connectivity index (χ1) is 10.4. The fourth-order valence-electron chi connectivity index (χ4n) is 2.20. The van der Waals surface area contributed by atoms with Crippen LogP contribution >= 0.6 is 0 Å². The number of rotatable bonds is 3. The van der Waals surface area contributed by atoms with Gasteiger partial charge in [-0.1, -0.05) is 6.08 Å². The SMILES string of the molecule is Cc1[nH]nc(C(F)(F)F)c1C=C(CO)B1OC(C)(C)C(C)(C)O1. The smallest absolute Gasteiger partial charge is 0.400 e. The molecule has 2 N–H and O–H groups in total. The van der Waals surface area contributed by atoms with E-state index in [0.29, 0.717) is 0 Å².